The zero-order valence-electron chi connectivity index (χ0n) is 11.8. The van der Waals surface area contributed by atoms with Gasteiger partial charge in [-0.25, -0.2) is 14.8 Å². The van der Waals surface area contributed by atoms with Gasteiger partial charge in [-0.05, 0) is 19.9 Å². The predicted octanol–water partition coefficient (Wildman–Crippen LogP) is 1.31. The number of rotatable bonds is 5. The second-order valence-corrected chi connectivity index (χ2v) is 4.21. The van der Waals surface area contributed by atoms with Gasteiger partial charge in [0.2, 0.25) is 5.95 Å². The van der Waals surface area contributed by atoms with E-state index in [-0.39, 0.29) is 0 Å². The molecule has 0 saturated heterocycles. The second-order valence-electron chi connectivity index (χ2n) is 4.21. The smallest absolute Gasteiger partial charge is 0.341 e. The summed E-state index contributed by atoms with van der Waals surface area (Å²) in [5.74, 6) is 0.0694. The molecule has 2 aromatic rings. The summed E-state index contributed by atoms with van der Waals surface area (Å²) in [6.07, 6.45) is 3.21. The number of aryl methyl sites for hydroxylation is 2. The minimum Gasteiger partial charge on any atom is -0.462 e. The van der Waals surface area contributed by atoms with Crippen LogP contribution in [0.1, 0.15) is 28.7 Å². The van der Waals surface area contributed by atoms with Crippen LogP contribution in [0.25, 0.3) is 0 Å². The SMILES string of the molecule is CCOC(=O)c1cnc(NCc2ccnn2C)nc1C. The molecular formula is C13H17N5O2. The fraction of sp³-hybridized carbons (Fsp3) is 0.385. The van der Waals surface area contributed by atoms with E-state index in [4.69, 9.17) is 4.74 Å². The quantitative estimate of drug-likeness (QED) is 0.828. The lowest BCUT2D eigenvalue weighted by Crippen LogP contribution is -2.12. The number of anilines is 1. The number of carbonyl (C=O) groups excluding carboxylic acids is 1. The molecule has 0 saturated carbocycles. The van der Waals surface area contributed by atoms with E-state index >= 15 is 0 Å². The molecule has 1 N–H and O–H groups in total. The van der Waals surface area contributed by atoms with Gasteiger partial charge < -0.3 is 10.1 Å². The number of nitrogens with one attached hydrogen (secondary N) is 1. The Hall–Kier alpha value is -2.44. The molecular weight excluding hydrogens is 258 g/mol. The van der Waals surface area contributed by atoms with Crippen LogP contribution in [0.3, 0.4) is 0 Å². The van der Waals surface area contributed by atoms with Gasteiger partial charge in [-0.2, -0.15) is 5.10 Å². The maximum absolute atomic E-state index is 11.6. The summed E-state index contributed by atoms with van der Waals surface area (Å²) in [4.78, 5) is 20.0. The third-order valence-electron chi connectivity index (χ3n) is 2.82. The summed E-state index contributed by atoms with van der Waals surface area (Å²) >= 11 is 0. The van der Waals surface area contributed by atoms with Crippen LogP contribution in [-0.2, 0) is 18.3 Å². The fourth-order valence-electron chi connectivity index (χ4n) is 1.71. The summed E-state index contributed by atoms with van der Waals surface area (Å²) in [5.41, 5.74) is 1.99. The maximum Gasteiger partial charge on any atom is 0.341 e. The first-order chi connectivity index (χ1) is 9.61. The summed E-state index contributed by atoms with van der Waals surface area (Å²) in [5, 5.41) is 7.17. The van der Waals surface area contributed by atoms with Crippen molar-refractivity contribution in [2.24, 2.45) is 7.05 Å². The Kier molecular flexibility index (Phi) is 4.29. The van der Waals surface area contributed by atoms with Gasteiger partial charge in [0.25, 0.3) is 0 Å². The summed E-state index contributed by atoms with van der Waals surface area (Å²) in [6, 6.07) is 1.91. The topological polar surface area (TPSA) is 81.9 Å². The van der Waals surface area contributed by atoms with Gasteiger partial charge >= 0.3 is 5.97 Å². The van der Waals surface area contributed by atoms with E-state index in [9.17, 15) is 4.79 Å². The zero-order valence-corrected chi connectivity index (χ0v) is 11.8. The van der Waals surface area contributed by atoms with Crippen molar-refractivity contribution in [3.8, 4) is 0 Å². The van der Waals surface area contributed by atoms with Crippen molar-refractivity contribution in [1.82, 2.24) is 19.7 Å². The summed E-state index contributed by atoms with van der Waals surface area (Å²) in [6.45, 7) is 4.41. The molecule has 0 aliphatic carbocycles. The number of nitrogens with zero attached hydrogens (tertiary/aromatic N) is 4. The predicted molar refractivity (Wildman–Crippen MR) is 73.3 cm³/mol. The lowest BCUT2D eigenvalue weighted by atomic mass is 10.2. The van der Waals surface area contributed by atoms with Crippen LogP contribution in [0.4, 0.5) is 5.95 Å². The Morgan fingerprint density at radius 3 is 2.90 bits per heavy atom. The van der Waals surface area contributed by atoms with Crippen molar-refractivity contribution in [2.75, 3.05) is 11.9 Å². The average molecular weight is 275 g/mol. The van der Waals surface area contributed by atoms with E-state index in [1.165, 1.54) is 6.20 Å². The molecule has 0 fully saturated rings. The third kappa shape index (κ3) is 3.11. The van der Waals surface area contributed by atoms with Crippen LogP contribution in [-0.4, -0.2) is 32.3 Å². The molecule has 0 atom stereocenters. The molecule has 0 radical (unpaired) electrons. The largest absolute Gasteiger partial charge is 0.462 e. The number of aromatic nitrogens is 4. The first kappa shape index (κ1) is 14.0. The number of hydrogen-bond donors (Lipinski definition) is 1. The number of esters is 1. The molecule has 2 heterocycles. The minimum absolute atomic E-state index is 0.332. The Morgan fingerprint density at radius 2 is 2.30 bits per heavy atom. The van der Waals surface area contributed by atoms with Gasteiger partial charge in [0, 0.05) is 19.4 Å². The lowest BCUT2D eigenvalue weighted by Gasteiger charge is -2.08. The van der Waals surface area contributed by atoms with Crippen molar-refractivity contribution < 1.29 is 9.53 Å². The van der Waals surface area contributed by atoms with Gasteiger partial charge in [-0.1, -0.05) is 0 Å². The zero-order chi connectivity index (χ0) is 14.5. The molecule has 0 amide bonds. The molecule has 20 heavy (non-hydrogen) atoms. The van der Waals surface area contributed by atoms with Crippen LogP contribution in [0.2, 0.25) is 0 Å². The highest BCUT2D eigenvalue weighted by Gasteiger charge is 2.12. The Morgan fingerprint density at radius 1 is 1.50 bits per heavy atom. The summed E-state index contributed by atoms with van der Waals surface area (Å²) < 4.78 is 6.70. The Labute approximate surface area is 117 Å². The normalized spacial score (nSPS) is 10.3. The van der Waals surface area contributed by atoms with Gasteiger partial charge in [0.15, 0.2) is 0 Å². The van der Waals surface area contributed by atoms with E-state index in [1.807, 2.05) is 13.1 Å². The monoisotopic (exact) mass is 275 g/mol. The molecule has 7 heteroatoms. The van der Waals surface area contributed by atoms with Crippen LogP contribution >= 0.6 is 0 Å². The highest BCUT2D eigenvalue weighted by Crippen LogP contribution is 2.09. The highest BCUT2D eigenvalue weighted by atomic mass is 16.5. The third-order valence-corrected chi connectivity index (χ3v) is 2.82. The minimum atomic E-state index is -0.400. The van der Waals surface area contributed by atoms with Gasteiger partial charge in [0.1, 0.15) is 0 Å². The first-order valence-electron chi connectivity index (χ1n) is 6.33. The van der Waals surface area contributed by atoms with Crippen LogP contribution in [0, 0.1) is 6.92 Å². The van der Waals surface area contributed by atoms with Gasteiger partial charge in [-0.15, -0.1) is 0 Å². The highest BCUT2D eigenvalue weighted by molar-refractivity contribution is 5.90. The molecule has 2 rings (SSSR count). The van der Waals surface area contributed by atoms with E-state index in [0.717, 1.165) is 5.69 Å². The van der Waals surface area contributed by atoms with Crippen molar-refractivity contribution in [1.29, 1.82) is 0 Å². The number of ether oxygens (including phenoxy) is 1. The molecule has 0 aliphatic heterocycles. The molecule has 0 aliphatic rings. The molecule has 0 bridgehead atoms. The van der Waals surface area contributed by atoms with Crippen molar-refractivity contribution >= 4 is 11.9 Å². The van der Waals surface area contributed by atoms with E-state index in [0.29, 0.717) is 30.4 Å². The fourth-order valence-corrected chi connectivity index (χ4v) is 1.71. The van der Waals surface area contributed by atoms with Crippen LogP contribution in [0.5, 0.6) is 0 Å². The number of carbonyl (C=O) groups is 1. The second kappa shape index (κ2) is 6.14. The molecule has 2 aromatic heterocycles. The summed E-state index contributed by atoms with van der Waals surface area (Å²) in [7, 11) is 1.87. The Balaban J connectivity index is 2.05. The van der Waals surface area contributed by atoms with Crippen molar-refractivity contribution in [2.45, 2.75) is 20.4 Å². The molecule has 0 aromatic carbocycles. The molecule has 0 unspecified atom stereocenters. The van der Waals surface area contributed by atoms with E-state index < -0.39 is 5.97 Å². The maximum atomic E-state index is 11.6. The van der Waals surface area contributed by atoms with E-state index in [2.05, 4.69) is 20.4 Å². The van der Waals surface area contributed by atoms with Gasteiger partial charge in [0.05, 0.1) is 30.1 Å². The van der Waals surface area contributed by atoms with Crippen molar-refractivity contribution in [3.63, 3.8) is 0 Å². The van der Waals surface area contributed by atoms with Crippen LogP contribution < -0.4 is 5.32 Å². The number of hydrogen-bond acceptors (Lipinski definition) is 6. The van der Waals surface area contributed by atoms with Crippen LogP contribution in [0.15, 0.2) is 18.5 Å². The lowest BCUT2D eigenvalue weighted by molar-refractivity contribution is 0.0524. The Bertz CT molecular complexity index is 609. The molecule has 0 spiro atoms. The van der Waals surface area contributed by atoms with Crippen molar-refractivity contribution in [3.05, 3.63) is 35.4 Å². The molecule has 7 nitrogen and oxygen atoms in total. The average Bonchev–Trinajstić information content (AvgIpc) is 2.82. The van der Waals surface area contributed by atoms with E-state index in [1.54, 1.807) is 24.7 Å². The first-order valence-corrected chi connectivity index (χ1v) is 6.33. The molecule has 106 valence electrons. The van der Waals surface area contributed by atoms with Gasteiger partial charge in [-0.3, -0.25) is 4.68 Å². The standard InChI is InChI=1S/C13H17N5O2/c1-4-20-12(19)11-8-15-13(17-9(11)2)14-7-10-5-6-16-18(10)3/h5-6,8H,4,7H2,1-3H3,(H,14,15,17).